The first-order chi connectivity index (χ1) is 13.0. The molecule has 0 bridgehead atoms. The maximum atomic E-state index is 13.2. The third kappa shape index (κ3) is 3.78. The molecule has 0 aliphatic carbocycles. The van der Waals surface area contributed by atoms with E-state index in [0.29, 0.717) is 32.8 Å². The van der Waals surface area contributed by atoms with E-state index in [0.717, 1.165) is 5.56 Å². The maximum absolute atomic E-state index is 13.2. The Balaban J connectivity index is 1.62. The van der Waals surface area contributed by atoms with Crippen molar-refractivity contribution in [1.82, 2.24) is 19.6 Å². The van der Waals surface area contributed by atoms with Crippen LogP contribution in [0, 0.1) is 5.82 Å². The molecule has 0 aliphatic rings. The molecule has 0 radical (unpaired) electrons. The average molecular weight is 421 g/mol. The summed E-state index contributed by atoms with van der Waals surface area (Å²) < 4.78 is 17.8. The highest BCUT2D eigenvalue weighted by molar-refractivity contribution is 8.00. The molecule has 0 amide bonds. The van der Waals surface area contributed by atoms with Gasteiger partial charge in [0.05, 0.1) is 22.6 Å². The molecule has 4 rings (SSSR count). The van der Waals surface area contributed by atoms with Crippen LogP contribution in [0.25, 0.3) is 16.9 Å². The van der Waals surface area contributed by atoms with E-state index in [9.17, 15) is 4.39 Å². The van der Waals surface area contributed by atoms with Crippen LogP contribution in [0.5, 0.6) is 0 Å². The van der Waals surface area contributed by atoms with Crippen LogP contribution in [0.4, 0.5) is 15.9 Å². The Labute approximate surface area is 167 Å². The van der Waals surface area contributed by atoms with Crippen molar-refractivity contribution in [2.75, 3.05) is 10.5 Å². The van der Waals surface area contributed by atoms with Gasteiger partial charge < -0.3 is 10.5 Å². The molecule has 3 N–H and O–H groups in total. The minimum absolute atomic E-state index is 0.289. The van der Waals surface area contributed by atoms with Crippen LogP contribution in [-0.2, 0) is 0 Å². The predicted molar refractivity (Wildman–Crippen MR) is 107 cm³/mol. The summed E-state index contributed by atoms with van der Waals surface area (Å²) in [7, 11) is 0. The number of pyridine rings is 1. The Morgan fingerprint density at radius 2 is 2.00 bits per heavy atom. The molecule has 4 aromatic rings. The number of benzene rings is 1. The van der Waals surface area contributed by atoms with Gasteiger partial charge in [-0.1, -0.05) is 23.2 Å². The summed E-state index contributed by atoms with van der Waals surface area (Å²) in [5.41, 5.74) is 8.35. The van der Waals surface area contributed by atoms with E-state index < -0.39 is 5.82 Å². The van der Waals surface area contributed by atoms with Gasteiger partial charge in [0.15, 0.2) is 10.8 Å². The number of nitrogen functional groups attached to an aromatic ring is 1. The number of anilines is 2. The van der Waals surface area contributed by atoms with E-state index in [1.807, 2.05) is 18.2 Å². The number of fused-ring (bicyclic) bond motifs is 1. The standard InChI is InChI=1S/C17H11Cl2FN6S/c18-11-6-10(20)1-3-14(11)27-25-13-5-9(7-22-17(13)19)12-2-4-16-23-15(21)8-26(16)24-12/h1-8,25H,21H2. The summed E-state index contributed by atoms with van der Waals surface area (Å²) in [6.07, 6.45) is 3.26. The van der Waals surface area contributed by atoms with Gasteiger partial charge >= 0.3 is 0 Å². The van der Waals surface area contributed by atoms with Crippen molar-refractivity contribution in [3.63, 3.8) is 0 Å². The van der Waals surface area contributed by atoms with Crippen molar-refractivity contribution in [1.29, 1.82) is 0 Å². The third-order valence-electron chi connectivity index (χ3n) is 3.64. The molecule has 6 nitrogen and oxygen atoms in total. The summed E-state index contributed by atoms with van der Waals surface area (Å²) in [6.45, 7) is 0. The number of hydrogen-bond acceptors (Lipinski definition) is 6. The van der Waals surface area contributed by atoms with Crippen LogP contribution in [0.3, 0.4) is 0 Å². The zero-order chi connectivity index (χ0) is 19.0. The Morgan fingerprint density at radius 1 is 1.15 bits per heavy atom. The van der Waals surface area contributed by atoms with E-state index in [1.165, 1.54) is 24.1 Å². The fourth-order valence-electron chi connectivity index (χ4n) is 2.38. The van der Waals surface area contributed by atoms with E-state index >= 15 is 0 Å². The molecule has 0 unspecified atom stereocenters. The molecule has 0 saturated carbocycles. The Bertz CT molecular complexity index is 1150. The predicted octanol–water partition coefficient (Wildman–Crippen LogP) is 4.94. The highest BCUT2D eigenvalue weighted by atomic mass is 35.5. The minimum Gasteiger partial charge on any atom is -0.382 e. The summed E-state index contributed by atoms with van der Waals surface area (Å²) >= 11 is 13.4. The van der Waals surface area contributed by atoms with Crippen LogP contribution in [-0.4, -0.2) is 19.6 Å². The first-order valence-corrected chi connectivity index (χ1v) is 9.22. The lowest BCUT2D eigenvalue weighted by molar-refractivity contribution is 0.626. The molecule has 0 fully saturated rings. The number of hydrogen-bond donors (Lipinski definition) is 2. The van der Waals surface area contributed by atoms with E-state index in [-0.39, 0.29) is 5.15 Å². The van der Waals surface area contributed by atoms with Crippen molar-refractivity contribution >= 4 is 52.3 Å². The highest BCUT2D eigenvalue weighted by Crippen LogP contribution is 2.32. The second kappa shape index (κ2) is 7.22. The van der Waals surface area contributed by atoms with Crippen molar-refractivity contribution in [3.05, 3.63) is 64.8 Å². The second-order valence-electron chi connectivity index (χ2n) is 5.53. The lowest BCUT2D eigenvalue weighted by atomic mass is 10.2. The summed E-state index contributed by atoms with van der Waals surface area (Å²) in [5.74, 6) is -0.00327. The molecule has 0 spiro atoms. The molecule has 0 atom stereocenters. The Morgan fingerprint density at radius 3 is 2.81 bits per heavy atom. The first kappa shape index (κ1) is 17.8. The fraction of sp³-hybridized carbons (Fsp3) is 0. The zero-order valence-electron chi connectivity index (χ0n) is 13.5. The largest absolute Gasteiger partial charge is 0.382 e. The topological polar surface area (TPSA) is 81.1 Å². The van der Waals surface area contributed by atoms with Gasteiger partial charge in [0.1, 0.15) is 11.6 Å². The summed E-state index contributed by atoms with van der Waals surface area (Å²) in [4.78, 5) is 9.00. The number of aromatic nitrogens is 4. The number of nitrogens with two attached hydrogens (primary N) is 1. The van der Waals surface area contributed by atoms with E-state index in [1.54, 1.807) is 23.0 Å². The maximum Gasteiger partial charge on any atom is 0.156 e. The Kier molecular flexibility index (Phi) is 4.77. The van der Waals surface area contributed by atoms with Gasteiger partial charge in [-0.25, -0.2) is 18.9 Å². The molecule has 136 valence electrons. The van der Waals surface area contributed by atoms with Crippen LogP contribution in [0.15, 0.2) is 53.7 Å². The zero-order valence-corrected chi connectivity index (χ0v) is 15.9. The molecule has 3 heterocycles. The van der Waals surface area contributed by atoms with Gasteiger partial charge in [0, 0.05) is 16.7 Å². The van der Waals surface area contributed by atoms with Crippen LogP contribution in [0.1, 0.15) is 0 Å². The van der Waals surface area contributed by atoms with Gasteiger partial charge in [0.25, 0.3) is 0 Å². The van der Waals surface area contributed by atoms with E-state index in [2.05, 4.69) is 19.8 Å². The number of rotatable bonds is 4. The first-order valence-electron chi connectivity index (χ1n) is 7.65. The van der Waals surface area contributed by atoms with Crippen molar-refractivity contribution in [2.45, 2.75) is 4.90 Å². The number of nitrogens with zero attached hydrogens (tertiary/aromatic N) is 4. The van der Waals surface area contributed by atoms with Crippen molar-refractivity contribution in [2.24, 2.45) is 0 Å². The molecule has 27 heavy (non-hydrogen) atoms. The highest BCUT2D eigenvalue weighted by Gasteiger charge is 2.10. The third-order valence-corrected chi connectivity index (χ3v) is 5.26. The number of nitrogens with one attached hydrogen (secondary N) is 1. The number of imidazole rings is 1. The minimum atomic E-state index is -0.396. The molecular weight excluding hydrogens is 410 g/mol. The summed E-state index contributed by atoms with van der Waals surface area (Å²) in [6, 6.07) is 9.61. The van der Waals surface area contributed by atoms with Crippen molar-refractivity contribution in [3.8, 4) is 11.3 Å². The van der Waals surface area contributed by atoms with Gasteiger partial charge in [0.2, 0.25) is 0 Å². The van der Waals surface area contributed by atoms with E-state index in [4.69, 9.17) is 28.9 Å². The molecule has 0 aliphatic heterocycles. The molecule has 1 aromatic carbocycles. The van der Waals surface area contributed by atoms with Crippen LogP contribution >= 0.6 is 35.1 Å². The second-order valence-corrected chi connectivity index (χ2v) is 7.14. The van der Waals surface area contributed by atoms with Gasteiger partial charge in [-0.15, -0.1) is 0 Å². The lowest BCUT2D eigenvalue weighted by Crippen LogP contribution is -1.96. The van der Waals surface area contributed by atoms with Gasteiger partial charge in [-0.3, -0.25) is 0 Å². The van der Waals surface area contributed by atoms with Crippen LogP contribution < -0.4 is 10.5 Å². The van der Waals surface area contributed by atoms with Gasteiger partial charge in [-0.2, -0.15) is 5.10 Å². The van der Waals surface area contributed by atoms with Crippen LogP contribution in [0.2, 0.25) is 10.2 Å². The SMILES string of the molecule is Nc1cn2nc(-c3cnc(Cl)c(NSc4ccc(F)cc4Cl)c3)ccc2n1. The number of halogens is 3. The molecule has 10 heteroatoms. The molecule has 0 saturated heterocycles. The van der Waals surface area contributed by atoms with Gasteiger partial charge in [-0.05, 0) is 48.3 Å². The quantitative estimate of drug-likeness (QED) is 0.359. The molecule has 3 aromatic heterocycles. The molecular formula is C17H11Cl2FN6S. The Hall–Kier alpha value is -2.55. The normalized spacial score (nSPS) is 11.1. The average Bonchev–Trinajstić information content (AvgIpc) is 3.01. The summed E-state index contributed by atoms with van der Waals surface area (Å²) in [5, 5.41) is 5.07. The smallest absolute Gasteiger partial charge is 0.156 e. The van der Waals surface area contributed by atoms with Crippen molar-refractivity contribution < 1.29 is 4.39 Å². The fourth-order valence-corrected chi connectivity index (χ4v) is 3.54. The lowest BCUT2D eigenvalue weighted by Gasteiger charge is -2.10. The monoisotopic (exact) mass is 420 g/mol.